The monoisotopic (exact) mass is 198 g/mol. The number of carbonyl (C=O) groups excluding carboxylic acids is 1. The summed E-state index contributed by atoms with van der Waals surface area (Å²) >= 11 is 0. The molecule has 1 aromatic rings. The van der Waals surface area contributed by atoms with Gasteiger partial charge in [0, 0.05) is 20.3 Å². The van der Waals surface area contributed by atoms with Crippen LogP contribution >= 0.6 is 0 Å². The molecule has 0 atom stereocenters. The number of rotatable bonds is 2. The number of aromatic nitrogens is 2. The average molecular weight is 198 g/mol. The second-order valence-electron chi connectivity index (χ2n) is 2.57. The van der Waals surface area contributed by atoms with Crippen LogP contribution in [0.1, 0.15) is 10.6 Å². The van der Waals surface area contributed by atoms with Crippen molar-refractivity contribution in [3.8, 4) is 0 Å². The SMILES string of the molecule is CNC(=O)c1nc(NC(=O)O)cn1C. The molecule has 0 aliphatic heterocycles. The maximum atomic E-state index is 11.2. The Kier molecular flexibility index (Phi) is 2.70. The van der Waals surface area contributed by atoms with Gasteiger partial charge in [-0.3, -0.25) is 10.1 Å². The average Bonchev–Trinajstić information content (AvgIpc) is 2.44. The number of aryl methyl sites for hydroxylation is 1. The molecule has 0 saturated heterocycles. The van der Waals surface area contributed by atoms with E-state index in [1.807, 2.05) is 5.32 Å². The van der Waals surface area contributed by atoms with Crippen molar-refractivity contribution in [2.45, 2.75) is 0 Å². The molecule has 0 fully saturated rings. The zero-order chi connectivity index (χ0) is 10.7. The fraction of sp³-hybridized carbons (Fsp3) is 0.286. The Balaban J connectivity index is 2.93. The molecule has 7 nitrogen and oxygen atoms in total. The zero-order valence-corrected chi connectivity index (χ0v) is 7.74. The number of amides is 2. The molecule has 0 aliphatic rings. The number of hydrogen-bond acceptors (Lipinski definition) is 3. The standard InChI is InChI=1S/C7H10N4O3/c1-8-6(12)5-9-4(3-11(5)2)10-7(13)14/h3,10H,1-2H3,(H,8,12)(H,13,14). The normalized spacial score (nSPS) is 9.57. The first-order valence-corrected chi connectivity index (χ1v) is 3.80. The maximum absolute atomic E-state index is 11.2. The summed E-state index contributed by atoms with van der Waals surface area (Å²) in [6, 6.07) is 0. The summed E-state index contributed by atoms with van der Waals surface area (Å²) in [6.07, 6.45) is 0.199. The topological polar surface area (TPSA) is 96.2 Å². The lowest BCUT2D eigenvalue weighted by Crippen LogP contribution is -2.21. The van der Waals surface area contributed by atoms with E-state index in [9.17, 15) is 9.59 Å². The summed E-state index contributed by atoms with van der Waals surface area (Å²) in [5, 5.41) is 12.8. The Bertz CT molecular complexity index is 371. The van der Waals surface area contributed by atoms with Crippen molar-refractivity contribution in [3.63, 3.8) is 0 Å². The molecule has 2 amide bonds. The molecule has 0 unspecified atom stereocenters. The minimum atomic E-state index is -1.22. The summed E-state index contributed by atoms with van der Waals surface area (Å²) in [5.41, 5.74) is 0. The highest BCUT2D eigenvalue weighted by Gasteiger charge is 2.12. The Morgan fingerprint density at radius 1 is 1.57 bits per heavy atom. The van der Waals surface area contributed by atoms with E-state index in [-0.39, 0.29) is 17.5 Å². The van der Waals surface area contributed by atoms with Gasteiger partial charge in [0.15, 0.2) is 5.82 Å². The van der Waals surface area contributed by atoms with Crippen molar-refractivity contribution in [1.29, 1.82) is 0 Å². The molecule has 1 heterocycles. The maximum Gasteiger partial charge on any atom is 0.410 e. The van der Waals surface area contributed by atoms with Crippen LogP contribution in [0.2, 0.25) is 0 Å². The molecule has 0 saturated carbocycles. The Hall–Kier alpha value is -2.05. The van der Waals surface area contributed by atoms with Crippen LogP contribution in [-0.2, 0) is 7.05 Å². The fourth-order valence-electron chi connectivity index (χ4n) is 0.959. The van der Waals surface area contributed by atoms with Crippen LogP contribution < -0.4 is 10.6 Å². The van der Waals surface area contributed by atoms with Crippen molar-refractivity contribution in [2.75, 3.05) is 12.4 Å². The van der Waals surface area contributed by atoms with Crippen molar-refractivity contribution in [2.24, 2.45) is 7.05 Å². The number of hydrogen-bond donors (Lipinski definition) is 3. The van der Waals surface area contributed by atoms with Gasteiger partial charge in [0.05, 0.1) is 0 Å². The fourth-order valence-corrected chi connectivity index (χ4v) is 0.959. The number of anilines is 1. The van der Waals surface area contributed by atoms with Crippen LogP contribution in [0.15, 0.2) is 6.20 Å². The van der Waals surface area contributed by atoms with Crippen LogP contribution in [0.5, 0.6) is 0 Å². The van der Waals surface area contributed by atoms with Crippen molar-refractivity contribution < 1.29 is 14.7 Å². The molecule has 7 heteroatoms. The van der Waals surface area contributed by atoms with Crippen LogP contribution in [0.4, 0.5) is 10.6 Å². The molecule has 1 aromatic heterocycles. The summed E-state index contributed by atoms with van der Waals surface area (Å²) in [7, 11) is 3.08. The Morgan fingerprint density at radius 3 is 2.71 bits per heavy atom. The van der Waals surface area contributed by atoms with Gasteiger partial charge in [-0.1, -0.05) is 0 Å². The smallest absolute Gasteiger partial charge is 0.410 e. The quantitative estimate of drug-likeness (QED) is 0.616. The first-order chi connectivity index (χ1) is 6.54. The van der Waals surface area contributed by atoms with E-state index in [1.165, 1.54) is 17.8 Å². The third-order valence-corrected chi connectivity index (χ3v) is 1.54. The van der Waals surface area contributed by atoms with Crippen LogP contribution in [0.25, 0.3) is 0 Å². The first-order valence-electron chi connectivity index (χ1n) is 3.80. The van der Waals surface area contributed by atoms with Crippen LogP contribution in [-0.4, -0.2) is 33.7 Å². The van der Waals surface area contributed by atoms with Crippen molar-refractivity contribution >= 4 is 17.8 Å². The predicted octanol–water partition coefficient (Wildman–Crippen LogP) is -0.130. The van der Waals surface area contributed by atoms with Gasteiger partial charge in [-0.25, -0.2) is 9.78 Å². The van der Waals surface area contributed by atoms with Crippen molar-refractivity contribution in [3.05, 3.63) is 12.0 Å². The summed E-state index contributed by atoms with van der Waals surface area (Å²) in [6.45, 7) is 0. The lowest BCUT2D eigenvalue weighted by molar-refractivity contribution is 0.0949. The van der Waals surface area contributed by atoms with E-state index < -0.39 is 6.09 Å². The number of carboxylic acid groups (broad SMARTS) is 1. The number of imidazole rings is 1. The third-order valence-electron chi connectivity index (χ3n) is 1.54. The van der Waals surface area contributed by atoms with Gasteiger partial charge >= 0.3 is 6.09 Å². The molecule has 0 bridgehead atoms. The van der Waals surface area contributed by atoms with Crippen molar-refractivity contribution in [1.82, 2.24) is 14.9 Å². The molecule has 0 aromatic carbocycles. The highest BCUT2D eigenvalue weighted by Crippen LogP contribution is 2.06. The van der Waals surface area contributed by atoms with Gasteiger partial charge in [-0.15, -0.1) is 0 Å². The molecule has 0 radical (unpaired) electrons. The van der Waals surface area contributed by atoms with Gasteiger partial charge in [0.2, 0.25) is 5.82 Å². The summed E-state index contributed by atoms with van der Waals surface area (Å²) < 4.78 is 1.43. The van der Waals surface area contributed by atoms with E-state index in [0.29, 0.717) is 0 Å². The van der Waals surface area contributed by atoms with E-state index in [0.717, 1.165) is 0 Å². The summed E-state index contributed by atoms with van der Waals surface area (Å²) in [4.78, 5) is 25.2. The second kappa shape index (κ2) is 3.77. The molecule has 0 aliphatic carbocycles. The molecule has 76 valence electrons. The highest BCUT2D eigenvalue weighted by atomic mass is 16.4. The molecule has 3 N–H and O–H groups in total. The third kappa shape index (κ3) is 2.00. The van der Waals surface area contributed by atoms with E-state index in [2.05, 4.69) is 10.3 Å². The minimum Gasteiger partial charge on any atom is -0.465 e. The van der Waals surface area contributed by atoms with Gasteiger partial charge in [-0.2, -0.15) is 0 Å². The van der Waals surface area contributed by atoms with E-state index in [1.54, 1.807) is 7.05 Å². The van der Waals surface area contributed by atoms with Gasteiger partial charge in [0.1, 0.15) is 0 Å². The molecular formula is C7H10N4O3. The molecular weight excluding hydrogens is 188 g/mol. The summed E-state index contributed by atoms with van der Waals surface area (Å²) in [5.74, 6) is -0.0965. The Labute approximate surface area is 79.7 Å². The second-order valence-corrected chi connectivity index (χ2v) is 2.57. The molecule has 14 heavy (non-hydrogen) atoms. The van der Waals surface area contributed by atoms with Gasteiger partial charge in [-0.05, 0) is 0 Å². The lowest BCUT2D eigenvalue weighted by Gasteiger charge is -1.96. The van der Waals surface area contributed by atoms with Crippen LogP contribution in [0, 0.1) is 0 Å². The zero-order valence-electron chi connectivity index (χ0n) is 7.74. The van der Waals surface area contributed by atoms with Gasteiger partial charge < -0.3 is 15.0 Å². The van der Waals surface area contributed by atoms with E-state index in [4.69, 9.17) is 5.11 Å². The molecule has 0 spiro atoms. The van der Waals surface area contributed by atoms with Crippen LogP contribution in [0.3, 0.4) is 0 Å². The first kappa shape index (κ1) is 10.0. The Morgan fingerprint density at radius 2 is 2.21 bits per heavy atom. The van der Waals surface area contributed by atoms with Gasteiger partial charge in [0.25, 0.3) is 5.91 Å². The number of nitrogens with one attached hydrogen (secondary N) is 2. The predicted molar refractivity (Wildman–Crippen MR) is 48.2 cm³/mol. The van der Waals surface area contributed by atoms with E-state index >= 15 is 0 Å². The molecule has 1 rings (SSSR count). The largest absolute Gasteiger partial charge is 0.465 e. The number of nitrogens with zero attached hydrogens (tertiary/aromatic N) is 2. The minimum absolute atomic E-state index is 0.124. The highest BCUT2D eigenvalue weighted by molar-refractivity contribution is 5.91. The lowest BCUT2D eigenvalue weighted by atomic mass is 10.5. The number of carbonyl (C=O) groups is 2.